The summed E-state index contributed by atoms with van der Waals surface area (Å²) < 4.78 is 40.8. The van der Waals surface area contributed by atoms with Crippen LogP contribution in [0, 0.1) is 24.4 Å². The van der Waals surface area contributed by atoms with Gasteiger partial charge in [0.2, 0.25) is 0 Å². The molecule has 106 valence electrons. The molecule has 1 atom stereocenters. The van der Waals surface area contributed by atoms with Gasteiger partial charge in [0.05, 0.1) is 6.04 Å². The SMILES string of the molecule is Cc1ccc(F)c(C(Cc2ccc(F)cc2)NN)c1F. The molecule has 0 aliphatic heterocycles. The Bertz CT molecular complexity index is 597. The summed E-state index contributed by atoms with van der Waals surface area (Å²) >= 11 is 0. The number of aryl methyl sites for hydroxylation is 1. The van der Waals surface area contributed by atoms with E-state index in [1.54, 1.807) is 19.1 Å². The molecule has 20 heavy (non-hydrogen) atoms. The highest BCUT2D eigenvalue weighted by molar-refractivity contribution is 5.31. The lowest BCUT2D eigenvalue weighted by atomic mass is 9.97. The number of nitrogens with two attached hydrogens (primary N) is 1. The molecule has 0 aliphatic carbocycles. The Morgan fingerprint density at radius 3 is 2.30 bits per heavy atom. The van der Waals surface area contributed by atoms with Crippen LogP contribution in [-0.4, -0.2) is 0 Å². The highest BCUT2D eigenvalue weighted by atomic mass is 19.1. The van der Waals surface area contributed by atoms with Gasteiger partial charge in [0.1, 0.15) is 17.5 Å². The molecular formula is C15H15F3N2. The predicted molar refractivity (Wildman–Crippen MR) is 71.3 cm³/mol. The molecule has 0 bridgehead atoms. The third-order valence-corrected chi connectivity index (χ3v) is 3.22. The number of halogens is 3. The maximum Gasteiger partial charge on any atom is 0.133 e. The summed E-state index contributed by atoms with van der Waals surface area (Å²) in [6.07, 6.45) is 0.258. The monoisotopic (exact) mass is 280 g/mol. The lowest BCUT2D eigenvalue weighted by Crippen LogP contribution is -2.31. The second-order valence-corrected chi connectivity index (χ2v) is 4.64. The first-order chi connectivity index (χ1) is 9.52. The van der Waals surface area contributed by atoms with Gasteiger partial charge in [0.25, 0.3) is 0 Å². The number of hydrogen-bond acceptors (Lipinski definition) is 2. The molecule has 0 heterocycles. The van der Waals surface area contributed by atoms with Gasteiger partial charge in [-0.25, -0.2) is 13.2 Å². The fourth-order valence-corrected chi connectivity index (χ4v) is 2.10. The Labute approximate surface area is 115 Å². The first kappa shape index (κ1) is 14.6. The number of benzene rings is 2. The van der Waals surface area contributed by atoms with Crippen LogP contribution in [0.25, 0.3) is 0 Å². The topological polar surface area (TPSA) is 38.0 Å². The van der Waals surface area contributed by atoms with Gasteiger partial charge >= 0.3 is 0 Å². The standard InChI is InChI=1S/C15H15F3N2/c1-9-2-7-12(17)14(15(9)18)13(20-19)8-10-3-5-11(16)6-4-10/h2-7,13,20H,8,19H2,1H3. The summed E-state index contributed by atoms with van der Waals surface area (Å²) in [4.78, 5) is 0. The largest absolute Gasteiger partial charge is 0.271 e. The number of hydrogen-bond donors (Lipinski definition) is 2. The van der Waals surface area contributed by atoms with E-state index < -0.39 is 17.7 Å². The maximum absolute atomic E-state index is 14.1. The second-order valence-electron chi connectivity index (χ2n) is 4.64. The van der Waals surface area contributed by atoms with Gasteiger partial charge in [-0.15, -0.1) is 0 Å². The second kappa shape index (κ2) is 6.07. The van der Waals surface area contributed by atoms with Gasteiger partial charge < -0.3 is 0 Å². The van der Waals surface area contributed by atoms with Gasteiger partial charge in [-0.1, -0.05) is 18.2 Å². The molecule has 0 saturated heterocycles. The zero-order chi connectivity index (χ0) is 14.7. The molecule has 0 spiro atoms. The van der Waals surface area contributed by atoms with Crippen molar-refractivity contribution in [3.8, 4) is 0 Å². The molecule has 2 aromatic rings. The van der Waals surface area contributed by atoms with Crippen LogP contribution in [0.15, 0.2) is 36.4 Å². The van der Waals surface area contributed by atoms with E-state index in [2.05, 4.69) is 5.43 Å². The summed E-state index contributed by atoms with van der Waals surface area (Å²) in [6, 6.07) is 7.58. The van der Waals surface area contributed by atoms with E-state index in [1.807, 2.05) is 0 Å². The summed E-state index contributed by atoms with van der Waals surface area (Å²) in [7, 11) is 0. The van der Waals surface area contributed by atoms with Crippen LogP contribution in [0.5, 0.6) is 0 Å². The van der Waals surface area contributed by atoms with Crippen molar-refractivity contribution in [3.05, 3.63) is 70.5 Å². The summed E-state index contributed by atoms with van der Waals surface area (Å²) in [5, 5.41) is 0. The van der Waals surface area contributed by atoms with Gasteiger partial charge in [-0.05, 0) is 42.7 Å². The number of rotatable bonds is 4. The fourth-order valence-electron chi connectivity index (χ4n) is 2.10. The van der Waals surface area contributed by atoms with E-state index in [1.165, 1.54) is 24.3 Å². The average molecular weight is 280 g/mol. The molecule has 2 nitrogen and oxygen atoms in total. The molecule has 0 amide bonds. The van der Waals surface area contributed by atoms with Crippen LogP contribution in [0.2, 0.25) is 0 Å². The van der Waals surface area contributed by atoms with Crippen molar-refractivity contribution in [2.24, 2.45) is 5.84 Å². The molecular weight excluding hydrogens is 265 g/mol. The third-order valence-electron chi connectivity index (χ3n) is 3.22. The minimum absolute atomic E-state index is 0.100. The lowest BCUT2D eigenvalue weighted by molar-refractivity contribution is 0.470. The molecule has 0 fully saturated rings. The molecule has 3 N–H and O–H groups in total. The lowest BCUT2D eigenvalue weighted by Gasteiger charge is -2.19. The van der Waals surface area contributed by atoms with Crippen molar-refractivity contribution in [1.29, 1.82) is 0 Å². The van der Waals surface area contributed by atoms with Crippen LogP contribution in [0.4, 0.5) is 13.2 Å². The molecule has 0 radical (unpaired) electrons. The van der Waals surface area contributed by atoms with Crippen LogP contribution >= 0.6 is 0 Å². The molecule has 2 rings (SSSR count). The highest BCUT2D eigenvalue weighted by Gasteiger charge is 2.21. The zero-order valence-corrected chi connectivity index (χ0v) is 11.0. The summed E-state index contributed by atoms with van der Waals surface area (Å²) in [5.74, 6) is 3.78. The maximum atomic E-state index is 14.1. The molecule has 0 saturated carbocycles. The van der Waals surface area contributed by atoms with Gasteiger partial charge in [-0.2, -0.15) is 0 Å². The minimum atomic E-state index is -0.722. The fraction of sp³-hybridized carbons (Fsp3) is 0.200. The van der Waals surface area contributed by atoms with Crippen LogP contribution in [-0.2, 0) is 6.42 Å². The smallest absolute Gasteiger partial charge is 0.133 e. The highest BCUT2D eigenvalue weighted by Crippen LogP contribution is 2.25. The first-order valence-electron chi connectivity index (χ1n) is 6.18. The summed E-state index contributed by atoms with van der Waals surface area (Å²) in [6.45, 7) is 1.56. The molecule has 0 aliphatic rings. The minimum Gasteiger partial charge on any atom is -0.271 e. The quantitative estimate of drug-likeness (QED) is 0.667. The van der Waals surface area contributed by atoms with Gasteiger partial charge in [-0.3, -0.25) is 11.3 Å². The number of nitrogens with one attached hydrogen (secondary N) is 1. The molecule has 0 aromatic heterocycles. The van der Waals surface area contributed by atoms with E-state index in [4.69, 9.17) is 5.84 Å². The van der Waals surface area contributed by atoms with E-state index in [0.29, 0.717) is 5.56 Å². The van der Waals surface area contributed by atoms with Crippen molar-refractivity contribution >= 4 is 0 Å². The summed E-state index contributed by atoms with van der Waals surface area (Å²) in [5.41, 5.74) is 3.40. The average Bonchev–Trinajstić information content (AvgIpc) is 2.44. The Morgan fingerprint density at radius 2 is 1.70 bits per heavy atom. The predicted octanol–water partition coefficient (Wildman–Crippen LogP) is 3.16. The Morgan fingerprint density at radius 1 is 1.05 bits per heavy atom. The van der Waals surface area contributed by atoms with E-state index in [-0.39, 0.29) is 17.8 Å². The van der Waals surface area contributed by atoms with Gasteiger partial charge in [0, 0.05) is 5.56 Å². The Kier molecular flexibility index (Phi) is 4.42. The Balaban J connectivity index is 2.33. The third kappa shape index (κ3) is 3.00. The molecule has 1 unspecified atom stereocenters. The number of hydrazine groups is 1. The van der Waals surface area contributed by atoms with E-state index >= 15 is 0 Å². The van der Waals surface area contributed by atoms with E-state index in [9.17, 15) is 13.2 Å². The molecule has 2 aromatic carbocycles. The Hall–Kier alpha value is -1.85. The van der Waals surface area contributed by atoms with Crippen molar-refractivity contribution < 1.29 is 13.2 Å². The van der Waals surface area contributed by atoms with Crippen molar-refractivity contribution in [2.75, 3.05) is 0 Å². The van der Waals surface area contributed by atoms with Crippen LogP contribution < -0.4 is 11.3 Å². The van der Waals surface area contributed by atoms with Gasteiger partial charge in [0.15, 0.2) is 0 Å². The van der Waals surface area contributed by atoms with Crippen LogP contribution in [0.1, 0.15) is 22.7 Å². The van der Waals surface area contributed by atoms with Crippen LogP contribution in [0.3, 0.4) is 0 Å². The zero-order valence-electron chi connectivity index (χ0n) is 11.0. The first-order valence-corrected chi connectivity index (χ1v) is 6.18. The molecule has 5 heteroatoms. The van der Waals surface area contributed by atoms with Crippen molar-refractivity contribution in [3.63, 3.8) is 0 Å². The van der Waals surface area contributed by atoms with E-state index in [0.717, 1.165) is 5.56 Å². The van der Waals surface area contributed by atoms with Crippen molar-refractivity contribution in [1.82, 2.24) is 5.43 Å². The van der Waals surface area contributed by atoms with Crippen molar-refractivity contribution in [2.45, 2.75) is 19.4 Å². The normalized spacial score (nSPS) is 12.4.